The van der Waals surface area contributed by atoms with E-state index in [2.05, 4.69) is 0 Å². The van der Waals surface area contributed by atoms with Crippen molar-refractivity contribution in [2.24, 2.45) is 0 Å². The number of nitriles is 1. The van der Waals surface area contributed by atoms with E-state index in [0.717, 1.165) is 6.07 Å². The summed E-state index contributed by atoms with van der Waals surface area (Å²) in [5, 5.41) is 8.22. The number of hydrogen-bond acceptors (Lipinski definition) is 2. The van der Waals surface area contributed by atoms with Gasteiger partial charge in [0, 0.05) is 0 Å². The van der Waals surface area contributed by atoms with Gasteiger partial charge in [-0.3, -0.25) is 0 Å². The predicted molar refractivity (Wildman–Crippen MR) is 47.2 cm³/mol. The maximum absolute atomic E-state index is 12.4. The average molecular weight is 215 g/mol. The van der Waals surface area contributed by atoms with Crippen molar-refractivity contribution < 1.29 is 17.9 Å². The fourth-order valence-corrected chi connectivity index (χ4v) is 1.03. The fourth-order valence-electron chi connectivity index (χ4n) is 1.03. The highest BCUT2D eigenvalue weighted by atomic mass is 19.4. The molecule has 0 aliphatic rings. The molecule has 0 atom stereocenters. The zero-order chi connectivity index (χ0) is 11.3. The molecule has 0 spiro atoms. The molecular weight excluding hydrogens is 207 g/mol. The summed E-state index contributed by atoms with van der Waals surface area (Å²) in [6.07, 6.45) is -4.37. The first-order valence-electron chi connectivity index (χ1n) is 4.21. The zero-order valence-electron chi connectivity index (χ0n) is 7.71. The van der Waals surface area contributed by atoms with E-state index in [4.69, 9.17) is 10.00 Å². The highest BCUT2D eigenvalue weighted by Crippen LogP contribution is 2.35. The van der Waals surface area contributed by atoms with Crippen molar-refractivity contribution >= 4 is 0 Å². The Morgan fingerprint density at radius 3 is 2.53 bits per heavy atom. The maximum Gasteiger partial charge on any atom is 0.419 e. The SMILES string of the molecule is N#CCCOc1ccccc1C(F)(F)F. The minimum absolute atomic E-state index is 0.0381. The molecule has 0 radical (unpaired) electrons. The van der Waals surface area contributed by atoms with Crippen LogP contribution in [0.4, 0.5) is 13.2 Å². The number of ether oxygens (including phenoxy) is 1. The van der Waals surface area contributed by atoms with E-state index in [1.54, 1.807) is 6.07 Å². The van der Waals surface area contributed by atoms with E-state index in [1.807, 2.05) is 0 Å². The Labute approximate surface area is 84.9 Å². The quantitative estimate of drug-likeness (QED) is 0.726. The molecule has 0 saturated carbocycles. The van der Waals surface area contributed by atoms with Crippen LogP contribution in [-0.4, -0.2) is 6.61 Å². The van der Waals surface area contributed by atoms with Crippen molar-refractivity contribution in [3.63, 3.8) is 0 Å². The lowest BCUT2D eigenvalue weighted by Gasteiger charge is -2.12. The summed E-state index contributed by atoms with van der Waals surface area (Å²) >= 11 is 0. The molecular formula is C10H8F3NO. The first kappa shape index (κ1) is 11.4. The molecule has 80 valence electrons. The van der Waals surface area contributed by atoms with Crippen LogP contribution in [-0.2, 0) is 6.18 Å². The van der Waals surface area contributed by atoms with Gasteiger partial charge >= 0.3 is 6.18 Å². The molecule has 0 heterocycles. The molecule has 15 heavy (non-hydrogen) atoms. The van der Waals surface area contributed by atoms with Crippen LogP contribution in [0, 0.1) is 11.3 Å². The second kappa shape index (κ2) is 4.69. The number of halogens is 3. The molecule has 0 fully saturated rings. The Balaban J connectivity index is 2.83. The van der Waals surface area contributed by atoms with E-state index in [0.29, 0.717) is 0 Å². The molecule has 1 aromatic carbocycles. The predicted octanol–water partition coefficient (Wildman–Crippen LogP) is 3.00. The zero-order valence-corrected chi connectivity index (χ0v) is 7.71. The molecule has 1 aromatic rings. The summed E-state index contributed by atoms with van der Waals surface area (Å²) < 4.78 is 42.1. The Morgan fingerprint density at radius 1 is 1.27 bits per heavy atom. The molecule has 0 amide bonds. The summed E-state index contributed by atoms with van der Waals surface area (Å²) in [7, 11) is 0. The third-order valence-electron chi connectivity index (χ3n) is 1.66. The van der Waals surface area contributed by atoms with Crippen molar-refractivity contribution in [2.75, 3.05) is 6.61 Å². The van der Waals surface area contributed by atoms with Crippen molar-refractivity contribution in [3.8, 4) is 11.8 Å². The molecule has 0 aliphatic heterocycles. The van der Waals surface area contributed by atoms with Gasteiger partial charge in [-0.05, 0) is 12.1 Å². The fraction of sp³-hybridized carbons (Fsp3) is 0.300. The van der Waals surface area contributed by atoms with Crippen molar-refractivity contribution in [1.82, 2.24) is 0 Å². The monoisotopic (exact) mass is 215 g/mol. The average Bonchev–Trinajstić information content (AvgIpc) is 2.17. The summed E-state index contributed by atoms with van der Waals surface area (Å²) in [6.45, 7) is -0.0381. The van der Waals surface area contributed by atoms with Crippen LogP contribution in [0.5, 0.6) is 5.75 Å². The molecule has 1 rings (SSSR count). The second-order valence-corrected chi connectivity index (χ2v) is 2.75. The number of nitrogens with zero attached hydrogens (tertiary/aromatic N) is 1. The standard InChI is InChI=1S/C10H8F3NO/c11-10(12,13)8-4-1-2-5-9(8)15-7-3-6-14/h1-2,4-5H,3,7H2. The van der Waals surface area contributed by atoms with Crippen molar-refractivity contribution in [1.29, 1.82) is 5.26 Å². The Kier molecular flexibility index (Phi) is 3.56. The first-order chi connectivity index (χ1) is 7.05. The van der Waals surface area contributed by atoms with Crippen LogP contribution >= 0.6 is 0 Å². The Morgan fingerprint density at radius 2 is 1.93 bits per heavy atom. The van der Waals surface area contributed by atoms with E-state index in [-0.39, 0.29) is 18.8 Å². The van der Waals surface area contributed by atoms with Gasteiger partial charge in [0.2, 0.25) is 0 Å². The van der Waals surface area contributed by atoms with Crippen LogP contribution in [0.2, 0.25) is 0 Å². The smallest absolute Gasteiger partial charge is 0.419 e. The number of hydrogen-bond donors (Lipinski definition) is 0. The summed E-state index contributed by atoms with van der Waals surface area (Å²) in [5.41, 5.74) is -0.817. The lowest BCUT2D eigenvalue weighted by molar-refractivity contribution is -0.138. The van der Waals surface area contributed by atoms with Crippen molar-refractivity contribution in [3.05, 3.63) is 29.8 Å². The summed E-state index contributed by atoms with van der Waals surface area (Å²) in [6, 6.07) is 6.72. The normalized spacial score (nSPS) is 10.8. The van der Waals surface area contributed by atoms with Gasteiger partial charge in [-0.15, -0.1) is 0 Å². The van der Waals surface area contributed by atoms with Crippen LogP contribution in [0.1, 0.15) is 12.0 Å². The second-order valence-electron chi connectivity index (χ2n) is 2.75. The van der Waals surface area contributed by atoms with Gasteiger partial charge in [0.05, 0.1) is 18.1 Å². The molecule has 2 nitrogen and oxygen atoms in total. The van der Waals surface area contributed by atoms with Gasteiger partial charge in [0.25, 0.3) is 0 Å². The molecule has 0 saturated heterocycles. The third kappa shape index (κ3) is 3.17. The minimum Gasteiger partial charge on any atom is -0.492 e. The van der Waals surface area contributed by atoms with Crippen LogP contribution in [0.15, 0.2) is 24.3 Å². The summed E-state index contributed by atoms with van der Waals surface area (Å²) in [4.78, 5) is 0. The molecule has 0 aromatic heterocycles. The van der Waals surface area contributed by atoms with Gasteiger partial charge in [-0.2, -0.15) is 18.4 Å². The Hall–Kier alpha value is -1.70. The van der Waals surface area contributed by atoms with E-state index in [9.17, 15) is 13.2 Å². The largest absolute Gasteiger partial charge is 0.492 e. The summed E-state index contributed by atoms with van der Waals surface area (Å²) in [5.74, 6) is -0.236. The highest BCUT2D eigenvalue weighted by Gasteiger charge is 2.33. The molecule has 5 heteroatoms. The lowest BCUT2D eigenvalue weighted by Crippen LogP contribution is -2.08. The molecule has 0 aliphatic carbocycles. The van der Waals surface area contributed by atoms with E-state index >= 15 is 0 Å². The van der Waals surface area contributed by atoms with Crippen LogP contribution < -0.4 is 4.74 Å². The number of alkyl halides is 3. The van der Waals surface area contributed by atoms with Crippen LogP contribution in [0.3, 0.4) is 0 Å². The van der Waals surface area contributed by atoms with Gasteiger partial charge in [0.1, 0.15) is 12.4 Å². The van der Waals surface area contributed by atoms with Crippen LogP contribution in [0.25, 0.3) is 0 Å². The van der Waals surface area contributed by atoms with Gasteiger partial charge in [-0.25, -0.2) is 0 Å². The maximum atomic E-state index is 12.4. The minimum atomic E-state index is -4.43. The number of rotatable bonds is 3. The van der Waals surface area contributed by atoms with E-state index in [1.165, 1.54) is 18.2 Å². The van der Waals surface area contributed by atoms with Gasteiger partial charge in [-0.1, -0.05) is 12.1 Å². The lowest BCUT2D eigenvalue weighted by atomic mass is 10.2. The first-order valence-corrected chi connectivity index (χ1v) is 4.21. The van der Waals surface area contributed by atoms with E-state index < -0.39 is 11.7 Å². The Bertz CT molecular complexity index is 368. The molecule has 0 N–H and O–H groups in total. The molecule has 0 bridgehead atoms. The van der Waals surface area contributed by atoms with Crippen molar-refractivity contribution in [2.45, 2.75) is 12.6 Å². The third-order valence-corrected chi connectivity index (χ3v) is 1.66. The number of para-hydroxylation sites is 1. The van der Waals surface area contributed by atoms with Gasteiger partial charge in [0.15, 0.2) is 0 Å². The van der Waals surface area contributed by atoms with Gasteiger partial charge < -0.3 is 4.74 Å². The topological polar surface area (TPSA) is 33.0 Å². The highest BCUT2D eigenvalue weighted by molar-refractivity contribution is 5.35. The number of benzene rings is 1. The molecule has 0 unspecified atom stereocenters.